The summed E-state index contributed by atoms with van der Waals surface area (Å²) in [7, 11) is 0. The summed E-state index contributed by atoms with van der Waals surface area (Å²) in [6.45, 7) is 6.96. The smallest absolute Gasteiger partial charge is 0.00450 e. The van der Waals surface area contributed by atoms with Crippen LogP contribution in [0.1, 0.15) is 49.5 Å². The second-order valence-corrected chi connectivity index (χ2v) is 6.68. The number of thiophene rings is 1. The Hall–Kier alpha value is -0.340. The van der Waals surface area contributed by atoms with E-state index >= 15 is 0 Å². The molecule has 1 fully saturated rings. The van der Waals surface area contributed by atoms with E-state index in [0.29, 0.717) is 17.4 Å². The number of hydrogen-bond acceptors (Lipinski definition) is 2. The highest BCUT2D eigenvalue weighted by atomic mass is 32.1. The maximum atomic E-state index is 6.09. The first-order valence-electron chi connectivity index (χ1n) is 5.79. The summed E-state index contributed by atoms with van der Waals surface area (Å²) < 4.78 is 0. The molecule has 1 aromatic rings. The van der Waals surface area contributed by atoms with Crippen LogP contribution in [0.15, 0.2) is 11.4 Å². The third-order valence-corrected chi connectivity index (χ3v) is 4.67. The molecule has 2 heteroatoms. The van der Waals surface area contributed by atoms with Crippen molar-refractivity contribution in [1.29, 1.82) is 0 Å². The van der Waals surface area contributed by atoms with E-state index in [4.69, 9.17) is 5.73 Å². The molecular formula is C13H21NS. The highest BCUT2D eigenvalue weighted by Gasteiger charge is 2.36. The lowest BCUT2D eigenvalue weighted by Gasteiger charge is -2.41. The van der Waals surface area contributed by atoms with Crippen molar-refractivity contribution in [3.8, 4) is 0 Å². The monoisotopic (exact) mass is 223 g/mol. The van der Waals surface area contributed by atoms with Crippen LogP contribution in [0, 0.1) is 12.3 Å². The molecule has 2 N–H and O–H groups in total. The summed E-state index contributed by atoms with van der Waals surface area (Å²) in [6.07, 6.45) is 3.60. The van der Waals surface area contributed by atoms with Gasteiger partial charge in [0.15, 0.2) is 0 Å². The van der Waals surface area contributed by atoms with Gasteiger partial charge in [-0.05, 0) is 54.5 Å². The van der Waals surface area contributed by atoms with E-state index in [-0.39, 0.29) is 0 Å². The Bertz CT molecular complexity index is 340. The van der Waals surface area contributed by atoms with Gasteiger partial charge in [-0.2, -0.15) is 0 Å². The Morgan fingerprint density at radius 2 is 2.20 bits per heavy atom. The minimum atomic E-state index is 0.406. The molecule has 0 bridgehead atoms. The first kappa shape index (κ1) is 11.2. The van der Waals surface area contributed by atoms with Gasteiger partial charge in [-0.15, -0.1) is 11.3 Å². The molecule has 1 saturated carbocycles. The fraction of sp³-hybridized carbons (Fsp3) is 0.692. The molecule has 0 aromatic carbocycles. The quantitative estimate of drug-likeness (QED) is 0.772. The maximum absolute atomic E-state index is 6.09. The molecule has 1 aromatic heterocycles. The van der Waals surface area contributed by atoms with Gasteiger partial charge in [-0.25, -0.2) is 0 Å². The van der Waals surface area contributed by atoms with Crippen molar-refractivity contribution in [3.63, 3.8) is 0 Å². The van der Waals surface area contributed by atoms with E-state index in [1.807, 2.05) is 11.3 Å². The van der Waals surface area contributed by atoms with Crippen LogP contribution >= 0.6 is 11.3 Å². The van der Waals surface area contributed by atoms with Crippen molar-refractivity contribution in [2.45, 2.75) is 52.0 Å². The highest BCUT2D eigenvalue weighted by Crippen LogP contribution is 2.47. The van der Waals surface area contributed by atoms with Gasteiger partial charge in [0, 0.05) is 10.9 Å². The summed E-state index contributed by atoms with van der Waals surface area (Å²) in [5.74, 6) is 0.659. The lowest BCUT2D eigenvalue weighted by molar-refractivity contribution is 0.183. The van der Waals surface area contributed by atoms with Gasteiger partial charge in [0.2, 0.25) is 0 Å². The zero-order valence-corrected chi connectivity index (χ0v) is 10.7. The van der Waals surface area contributed by atoms with Crippen LogP contribution < -0.4 is 5.73 Å². The molecule has 0 saturated heterocycles. The zero-order valence-electron chi connectivity index (χ0n) is 9.92. The van der Waals surface area contributed by atoms with E-state index in [1.54, 1.807) is 0 Å². The van der Waals surface area contributed by atoms with E-state index in [2.05, 4.69) is 32.2 Å². The number of rotatable bonds is 1. The molecule has 1 heterocycles. The Morgan fingerprint density at radius 3 is 2.80 bits per heavy atom. The Kier molecular flexibility index (Phi) is 2.91. The second-order valence-electron chi connectivity index (χ2n) is 5.57. The number of nitrogens with two attached hydrogens (primary N) is 1. The Labute approximate surface area is 96.7 Å². The maximum Gasteiger partial charge on any atom is 0.00450 e. The first-order valence-corrected chi connectivity index (χ1v) is 6.67. The van der Waals surface area contributed by atoms with Crippen LogP contribution in [0.25, 0.3) is 0 Å². The summed E-state index contributed by atoms with van der Waals surface area (Å²) in [5.41, 5.74) is 8.03. The van der Waals surface area contributed by atoms with Crippen molar-refractivity contribution >= 4 is 11.3 Å². The van der Waals surface area contributed by atoms with Crippen molar-refractivity contribution < 1.29 is 0 Å². The van der Waals surface area contributed by atoms with Gasteiger partial charge in [-0.3, -0.25) is 0 Å². The first-order chi connectivity index (χ1) is 6.99. The molecule has 0 radical (unpaired) electrons. The third kappa shape index (κ3) is 2.26. The van der Waals surface area contributed by atoms with Crippen LogP contribution in [0.4, 0.5) is 0 Å². The topological polar surface area (TPSA) is 26.0 Å². The van der Waals surface area contributed by atoms with E-state index in [1.165, 1.54) is 23.3 Å². The fourth-order valence-electron chi connectivity index (χ4n) is 2.71. The van der Waals surface area contributed by atoms with Gasteiger partial charge in [0.25, 0.3) is 0 Å². The number of hydrogen-bond donors (Lipinski definition) is 1. The van der Waals surface area contributed by atoms with E-state index in [9.17, 15) is 0 Å². The largest absolute Gasteiger partial charge is 0.328 e. The van der Waals surface area contributed by atoms with Crippen LogP contribution in [-0.4, -0.2) is 6.04 Å². The zero-order chi connectivity index (χ0) is 11.1. The van der Waals surface area contributed by atoms with Crippen molar-refractivity contribution in [2.75, 3.05) is 0 Å². The molecular weight excluding hydrogens is 202 g/mol. The summed E-state index contributed by atoms with van der Waals surface area (Å²) in [5, 5.41) is 2.32. The summed E-state index contributed by atoms with van der Waals surface area (Å²) in [6, 6.07) is 2.75. The van der Waals surface area contributed by atoms with Gasteiger partial charge in [0.1, 0.15) is 0 Å². The van der Waals surface area contributed by atoms with Crippen molar-refractivity contribution in [2.24, 2.45) is 11.1 Å². The highest BCUT2D eigenvalue weighted by molar-refractivity contribution is 7.10. The molecule has 1 nitrogen and oxygen atoms in total. The molecule has 15 heavy (non-hydrogen) atoms. The molecule has 0 aliphatic heterocycles. The third-order valence-electron chi connectivity index (χ3n) is 3.79. The van der Waals surface area contributed by atoms with E-state index < -0.39 is 0 Å². The molecule has 0 amide bonds. The average molecular weight is 223 g/mol. The summed E-state index contributed by atoms with van der Waals surface area (Å²) in [4.78, 5) is 1.42. The molecule has 2 rings (SSSR count). The van der Waals surface area contributed by atoms with Gasteiger partial charge in [-0.1, -0.05) is 13.8 Å². The predicted molar refractivity (Wildman–Crippen MR) is 67.4 cm³/mol. The molecule has 1 aliphatic carbocycles. The van der Waals surface area contributed by atoms with Crippen LogP contribution in [0.5, 0.6) is 0 Å². The normalized spacial score (nSPS) is 30.4. The van der Waals surface area contributed by atoms with Gasteiger partial charge < -0.3 is 5.73 Å². The van der Waals surface area contributed by atoms with Gasteiger partial charge in [0.05, 0.1) is 0 Å². The van der Waals surface area contributed by atoms with Crippen LogP contribution in [0.2, 0.25) is 0 Å². The average Bonchev–Trinajstić information content (AvgIpc) is 2.56. The SMILES string of the molecule is Cc1cc(C2CC(N)CCC2(C)C)cs1. The standard InChI is InChI=1S/C13H21NS/c1-9-6-10(8-15-9)12-7-11(14)4-5-13(12,2)3/h6,8,11-12H,4-5,7,14H2,1-3H3. The van der Waals surface area contributed by atoms with Crippen molar-refractivity contribution in [1.82, 2.24) is 0 Å². The molecule has 0 spiro atoms. The van der Waals surface area contributed by atoms with Gasteiger partial charge >= 0.3 is 0 Å². The van der Waals surface area contributed by atoms with Crippen molar-refractivity contribution in [3.05, 3.63) is 21.9 Å². The molecule has 1 aliphatic rings. The Morgan fingerprint density at radius 1 is 1.47 bits per heavy atom. The van der Waals surface area contributed by atoms with Crippen LogP contribution in [0.3, 0.4) is 0 Å². The lowest BCUT2D eigenvalue weighted by atomic mass is 9.65. The summed E-state index contributed by atoms with van der Waals surface area (Å²) >= 11 is 1.86. The fourth-order valence-corrected chi connectivity index (χ4v) is 3.46. The molecule has 84 valence electrons. The molecule has 2 unspecified atom stereocenters. The van der Waals surface area contributed by atoms with E-state index in [0.717, 1.165) is 6.42 Å². The minimum absolute atomic E-state index is 0.406. The Balaban J connectivity index is 2.25. The lowest BCUT2D eigenvalue weighted by Crippen LogP contribution is -2.36. The van der Waals surface area contributed by atoms with Crippen LogP contribution in [-0.2, 0) is 0 Å². The predicted octanol–water partition coefficient (Wildman–Crippen LogP) is 3.68. The minimum Gasteiger partial charge on any atom is -0.328 e. The molecule has 2 atom stereocenters. The number of aryl methyl sites for hydroxylation is 1. The second kappa shape index (κ2) is 3.91.